The maximum Gasteiger partial charge on any atom is 0.416 e. The van der Waals surface area contributed by atoms with Gasteiger partial charge in [0.05, 0.1) is 17.5 Å². The zero-order chi connectivity index (χ0) is 25.0. The Balaban J connectivity index is 1.29. The van der Waals surface area contributed by atoms with Crippen molar-refractivity contribution in [1.82, 2.24) is 0 Å². The van der Waals surface area contributed by atoms with E-state index in [4.69, 9.17) is 0 Å². The van der Waals surface area contributed by atoms with Crippen LogP contribution in [0.1, 0.15) is 49.7 Å². The van der Waals surface area contributed by atoms with Gasteiger partial charge in [-0.1, -0.05) is 18.2 Å². The number of anilines is 2. The summed E-state index contributed by atoms with van der Waals surface area (Å²) in [6, 6.07) is 11.7. The van der Waals surface area contributed by atoms with E-state index in [9.17, 15) is 26.4 Å². The average molecular weight is 507 g/mol. The first-order valence-electron chi connectivity index (χ1n) is 12.0. The average Bonchev–Trinajstić information content (AvgIpc) is 2.76. The van der Waals surface area contributed by atoms with Crippen LogP contribution in [0.25, 0.3) is 0 Å². The molecule has 9 heteroatoms. The summed E-state index contributed by atoms with van der Waals surface area (Å²) in [6.07, 6.45) is 3.99. The highest BCUT2D eigenvalue weighted by molar-refractivity contribution is 7.92. The first-order chi connectivity index (χ1) is 16.4. The van der Waals surface area contributed by atoms with Gasteiger partial charge in [-0.2, -0.15) is 13.2 Å². The summed E-state index contributed by atoms with van der Waals surface area (Å²) < 4.78 is 64.6. The highest BCUT2D eigenvalue weighted by Gasteiger charge is 2.51. The van der Waals surface area contributed by atoms with Crippen LogP contribution >= 0.6 is 0 Å². The number of rotatable bonds is 6. The van der Waals surface area contributed by atoms with Gasteiger partial charge in [0.2, 0.25) is 15.9 Å². The quantitative estimate of drug-likeness (QED) is 0.557. The molecule has 4 aliphatic rings. The number of nitrogens with zero attached hydrogens (tertiary/aromatic N) is 1. The number of carbonyl (C=O) groups is 1. The summed E-state index contributed by atoms with van der Waals surface area (Å²) in [7, 11) is -4.00. The molecular formula is C26H29F3N2O3S. The van der Waals surface area contributed by atoms with Gasteiger partial charge in [0.15, 0.2) is 0 Å². The Labute approximate surface area is 203 Å². The maximum atomic E-state index is 13.1. The van der Waals surface area contributed by atoms with Crippen LogP contribution in [-0.2, 0) is 26.4 Å². The molecule has 4 fully saturated rings. The lowest BCUT2D eigenvalue weighted by atomic mass is 9.48. The smallest absolute Gasteiger partial charge is 0.325 e. The molecule has 188 valence electrons. The van der Waals surface area contributed by atoms with Crippen molar-refractivity contribution in [3.8, 4) is 0 Å². The summed E-state index contributed by atoms with van der Waals surface area (Å²) in [5, 5.41) is 2.69. The summed E-state index contributed by atoms with van der Waals surface area (Å²) in [6.45, 7) is -0.628. The van der Waals surface area contributed by atoms with Crippen molar-refractivity contribution < 1.29 is 26.4 Å². The van der Waals surface area contributed by atoms with Gasteiger partial charge < -0.3 is 5.32 Å². The molecule has 0 aromatic heterocycles. The Kier molecular flexibility index (Phi) is 5.89. The van der Waals surface area contributed by atoms with Crippen LogP contribution in [0.5, 0.6) is 0 Å². The predicted octanol–water partition coefficient (Wildman–Crippen LogP) is 5.58. The largest absolute Gasteiger partial charge is 0.416 e. The van der Waals surface area contributed by atoms with Gasteiger partial charge in [0, 0.05) is 5.69 Å². The van der Waals surface area contributed by atoms with Crippen LogP contribution < -0.4 is 9.62 Å². The molecule has 4 saturated carbocycles. The first-order valence-corrected chi connectivity index (χ1v) is 13.8. The third kappa shape index (κ3) is 4.92. The number of alkyl halides is 3. The second kappa shape index (κ2) is 8.54. The van der Waals surface area contributed by atoms with Crippen molar-refractivity contribution in [3.05, 3.63) is 59.7 Å². The van der Waals surface area contributed by atoms with Gasteiger partial charge >= 0.3 is 6.18 Å². The Hall–Kier alpha value is -2.55. The number of benzene rings is 2. The highest BCUT2D eigenvalue weighted by Crippen LogP contribution is 2.60. The van der Waals surface area contributed by atoms with E-state index >= 15 is 0 Å². The van der Waals surface area contributed by atoms with Crippen molar-refractivity contribution in [2.45, 2.75) is 50.1 Å². The van der Waals surface area contributed by atoms with Gasteiger partial charge in [-0.3, -0.25) is 9.10 Å². The number of nitrogens with one attached hydrogen (secondary N) is 1. The SMILES string of the molecule is CS(=O)(=O)N(CC(=O)Nc1ccc(C23CC4CC(CC(C4)C2)C3)cc1)c1cccc(C(F)(F)F)c1. The molecule has 4 bridgehead atoms. The molecule has 0 radical (unpaired) electrons. The number of amides is 1. The number of sulfonamides is 1. The Morgan fingerprint density at radius 1 is 1.00 bits per heavy atom. The fraction of sp³-hybridized carbons (Fsp3) is 0.500. The fourth-order valence-electron chi connectivity index (χ4n) is 6.94. The second-order valence-corrected chi connectivity index (χ2v) is 12.5. The third-order valence-corrected chi connectivity index (χ3v) is 9.11. The van der Waals surface area contributed by atoms with E-state index < -0.39 is 34.2 Å². The van der Waals surface area contributed by atoms with E-state index in [1.807, 2.05) is 12.1 Å². The van der Waals surface area contributed by atoms with Crippen LogP contribution in [0.3, 0.4) is 0 Å². The third-order valence-electron chi connectivity index (χ3n) is 7.97. The molecule has 0 unspecified atom stereocenters. The van der Waals surface area contributed by atoms with E-state index in [1.54, 1.807) is 0 Å². The molecule has 0 atom stereocenters. The van der Waals surface area contributed by atoms with Gasteiger partial charge in [-0.15, -0.1) is 0 Å². The zero-order valence-electron chi connectivity index (χ0n) is 19.5. The lowest BCUT2D eigenvalue weighted by Gasteiger charge is -2.57. The van der Waals surface area contributed by atoms with Gasteiger partial charge in [-0.25, -0.2) is 8.42 Å². The molecule has 0 heterocycles. The minimum Gasteiger partial charge on any atom is -0.325 e. The Morgan fingerprint density at radius 3 is 2.09 bits per heavy atom. The second-order valence-electron chi connectivity index (χ2n) is 10.6. The Bertz CT molecular complexity index is 1190. The van der Waals surface area contributed by atoms with Gasteiger partial charge in [-0.05, 0) is 97.6 Å². The number of hydrogen-bond acceptors (Lipinski definition) is 3. The molecule has 5 nitrogen and oxygen atoms in total. The summed E-state index contributed by atoms with van der Waals surface area (Å²) >= 11 is 0. The molecule has 0 spiro atoms. The summed E-state index contributed by atoms with van der Waals surface area (Å²) in [5.74, 6) is 1.82. The number of hydrogen-bond donors (Lipinski definition) is 1. The van der Waals surface area contributed by atoms with Crippen LogP contribution in [-0.4, -0.2) is 27.1 Å². The van der Waals surface area contributed by atoms with Crippen LogP contribution in [0.2, 0.25) is 0 Å². The van der Waals surface area contributed by atoms with Crippen LogP contribution in [0, 0.1) is 17.8 Å². The molecule has 2 aromatic carbocycles. The first kappa shape index (κ1) is 24.2. The monoisotopic (exact) mass is 506 g/mol. The lowest BCUT2D eigenvalue weighted by molar-refractivity contribution is -0.137. The molecule has 35 heavy (non-hydrogen) atoms. The Morgan fingerprint density at radius 2 is 1.57 bits per heavy atom. The minimum absolute atomic E-state index is 0.213. The molecule has 0 aliphatic heterocycles. The standard InChI is InChI=1S/C26H29F3N2O3S/c1-35(33,34)31(23-4-2-3-21(12-23)26(27,28)29)16-24(32)30-22-7-5-20(6-8-22)25-13-17-9-18(14-25)11-19(10-17)15-25/h2-8,12,17-19H,9-11,13-16H2,1H3,(H,30,32). The molecule has 2 aromatic rings. The fourth-order valence-corrected chi connectivity index (χ4v) is 7.79. The molecule has 4 aliphatic carbocycles. The van der Waals surface area contributed by atoms with Gasteiger partial charge in [0.25, 0.3) is 0 Å². The van der Waals surface area contributed by atoms with Crippen LogP contribution in [0.15, 0.2) is 48.5 Å². The molecule has 1 amide bonds. The van der Waals surface area contributed by atoms with Crippen molar-refractivity contribution in [3.63, 3.8) is 0 Å². The zero-order valence-corrected chi connectivity index (χ0v) is 20.3. The number of carbonyl (C=O) groups excluding carboxylic acids is 1. The van der Waals surface area contributed by atoms with Gasteiger partial charge in [0.1, 0.15) is 6.54 Å². The minimum atomic E-state index is -4.63. The van der Waals surface area contributed by atoms with E-state index in [0.29, 0.717) is 9.99 Å². The van der Waals surface area contributed by atoms with Crippen molar-refractivity contribution >= 4 is 27.3 Å². The lowest BCUT2D eigenvalue weighted by Crippen LogP contribution is -2.48. The highest BCUT2D eigenvalue weighted by atomic mass is 32.2. The summed E-state index contributed by atoms with van der Waals surface area (Å²) in [5.41, 5.74) is 0.865. The summed E-state index contributed by atoms with van der Waals surface area (Å²) in [4.78, 5) is 12.7. The topological polar surface area (TPSA) is 66.5 Å². The number of halogens is 3. The van der Waals surface area contributed by atoms with E-state index in [2.05, 4.69) is 17.4 Å². The van der Waals surface area contributed by atoms with Crippen LogP contribution in [0.4, 0.5) is 24.5 Å². The molecule has 1 N–H and O–H groups in total. The van der Waals surface area contributed by atoms with E-state index in [-0.39, 0.29) is 11.1 Å². The molecule has 0 saturated heterocycles. The van der Waals surface area contributed by atoms with Crippen molar-refractivity contribution in [2.24, 2.45) is 17.8 Å². The van der Waals surface area contributed by atoms with Crippen molar-refractivity contribution in [1.29, 1.82) is 0 Å². The van der Waals surface area contributed by atoms with Crippen molar-refractivity contribution in [2.75, 3.05) is 22.4 Å². The maximum absolute atomic E-state index is 13.1. The predicted molar refractivity (Wildman–Crippen MR) is 129 cm³/mol. The normalized spacial score (nSPS) is 27.6. The van der Waals surface area contributed by atoms with E-state index in [0.717, 1.165) is 42.2 Å². The van der Waals surface area contributed by atoms with E-state index in [1.165, 1.54) is 50.2 Å². The molecular weight excluding hydrogens is 477 g/mol. The molecule has 6 rings (SSSR count).